The summed E-state index contributed by atoms with van der Waals surface area (Å²) in [6, 6.07) is -0.310. The molecule has 2 atom stereocenters. The zero-order valence-electron chi connectivity index (χ0n) is 10.8. The molecule has 0 bridgehead atoms. The molecule has 0 radical (unpaired) electrons. The molecule has 0 aromatic heterocycles. The summed E-state index contributed by atoms with van der Waals surface area (Å²) in [6.07, 6.45) is -1.02. The van der Waals surface area contributed by atoms with E-state index < -0.39 is 18.8 Å². The molecule has 2 unspecified atom stereocenters. The fourth-order valence-electron chi connectivity index (χ4n) is 1.22. The van der Waals surface area contributed by atoms with Gasteiger partial charge in [0.1, 0.15) is 12.7 Å². The highest BCUT2D eigenvalue weighted by atomic mass is 16.6. The molecule has 0 aliphatic rings. The number of ether oxygens (including phenoxy) is 1. The van der Waals surface area contributed by atoms with Crippen LogP contribution in [0.25, 0.3) is 0 Å². The van der Waals surface area contributed by atoms with E-state index in [-0.39, 0.29) is 25.0 Å². The van der Waals surface area contributed by atoms with E-state index in [1.807, 2.05) is 13.8 Å². The Bertz CT molecular complexity index is 260. The van der Waals surface area contributed by atoms with Crippen molar-refractivity contribution < 1.29 is 24.5 Å². The van der Waals surface area contributed by atoms with E-state index in [1.54, 1.807) is 0 Å². The molecule has 7 heteroatoms. The Morgan fingerprint density at radius 2 is 2.00 bits per heavy atom. The molecule has 0 fully saturated rings. The minimum absolute atomic E-state index is 0.139. The molecule has 18 heavy (non-hydrogen) atoms. The van der Waals surface area contributed by atoms with E-state index in [2.05, 4.69) is 15.4 Å². The molecule has 7 nitrogen and oxygen atoms in total. The van der Waals surface area contributed by atoms with Gasteiger partial charge in [-0.2, -0.15) is 0 Å². The number of nitrogens with one attached hydrogen (secondary N) is 2. The summed E-state index contributed by atoms with van der Waals surface area (Å²) in [6.45, 7) is 3.45. The van der Waals surface area contributed by atoms with Gasteiger partial charge in [0.15, 0.2) is 0 Å². The third-order valence-corrected chi connectivity index (χ3v) is 2.24. The van der Waals surface area contributed by atoms with Crippen LogP contribution in [0.5, 0.6) is 0 Å². The number of hydrogen-bond acceptors (Lipinski definition) is 5. The second-order valence-electron chi connectivity index (χ2n) is 3.84. The lowest BCUT2D eigenvalue weighted by Gasteiger charge is -2.17. The fraction of sp³-hybridized carbons (Fsp3) is 0.818. The van der Waals surface area contributed by atoms with Crippen LogP contribution in [0.3, 0.4) is 0 Å². The van der Waals surface area contributed by atoms with Gasteiger partial charge in [-0.3, -0.25) is 4.79 Å². The average molecular weight is 262 g/mol. The molecule has 2 amide bonds. The smallest absolute Gasteiger partial charge is 0.407 e. The van der Waals surface area contributed by atoms with Crippen LogP contribution in [0.1, 0.15) is 26.7 Å². The van der Waals surface area contributed by atoms with Crippen molar-refractivity contribution in [3.8, 4) is 0 Å². The van der Waals surface area contributed by atoms with E-state index in [1.165, 1.54) is 0 Å². The predicted molar refractivity (Wildman–Crippen MR) is 65.0 cm³/mol. The van der Waals surface area contributed by atoms with Crippen LogP contribution in [-0.2, 0) is 9.53 Å². The minimum atomic E-state index is -1.08. The maximum atomic E-state index is 11.3. The summed E-state index contributed by atoms with van der Waals surface area (Å²) in [5.41, 5.74) is 0. The van der Waals surface area contributed by atoms with Crippen LogP contribution < -0.4 is 10.6 Å². The van der Waals surface area contributed by atoms with Gasteiger partial charge in [0.25, 0.3) is 0 Å². The summed E-state index contributed by atoms with van der Waals surface area (Å²) in [4.78, 5) is 22.6. The van der Waals surface area contributed by atoms with Crippen molar-refractivity contribution in [1.82, 2.24) is 10.6 Å². The molecule has 0 saturated heterocycles. The van der Waals surface area contributed by atoms with Crippen LogP contribution in [0, 0.1) is 0 Å². The monoisotopic (exact) mass is 262 g/mol. The van der Waals surface area contributed by atoms with Gasteiger partial charge in [0.2, 0.25) is 5.91 Å². The predicted octanol–water partition coefficient (Wildman–Crippen LogP) is -0.629. The molecule has 0 aliphatic carbocycles. The van der Waals surface area contributed by atoms with E-state index in [4.69, 9.17) is 10.2 Å². The van der Waals surface area contributed by atoms with Gasteiger partial charge >= 0.3 is 6.09 Å². The van der Waals surface area contributed by atoms with Crippen LogP contribution >= 0.6 is 0 Å². The molecule has 0 aromatic carbocycles. The third kappa shape index (κ3) is 7.86. The zero-order chi connectivity index (χ0) is 14.0. The molecule has 106 valence electrons. The first-order valence-electron chi connectivity index (χ1n) is 6.02. The Labute approximate surface area is 107 Å². The van der Waals surface area contributed by atoms with Gasteiger partial charge in [-0.1, -0.05) is 6.92 Å². The first-order valence-corrected chi connectivity index (χ1v) is 6.02. The van der Waals surface area contributed by atoms with Crippen molar-refractivity contribution in [2.75, 3.05) is 19.8 Å². The molecule has 4 N–H and O–H groups in total. The van der Waals surface area contributed by atoms with E-state index >= 15 is 0 Å². The Balaban J connectivity index is 3.96. The van der Waals surface area contributed by atoms with Crippen molar-refractivity contribution in [2.45, 2.75) is 38.8 Å². The highest BCUT2D eigenvalue weighted by Crippen LogP contribution is 1.98. The Hall–Kier alpha value is -1.34. The van der Waals surface area contributed by atoms with Crippen molar-refractivity contribution in [1.29, 1.82) is 0 Å². The fourth-order valence-corrected chi connectivity index (χ4v) is 1.22. The van der Waals surface area contributed by atoms with Crippen LogP contribution in [0.4, 0.5) is 4.79 Å². The van der Waals surface area contributed by atoms with Crippen molar-refractivity contribution in [3.63, 3.8) is 0 Å². The maximum Gasteiger partial charge on any atom is 0.407 e. The van der Waals surface area contributed by atoms with Crippen LogP contribution in [-0.4, -0.2) is 54.1 Å². The summed E-state index contributed by atoms with van der Waals surface area (Å²) < 4.78 is 4.68. The Kier molecular flexibility index (Phi) is 8.95. The number of aliphatic hydroxyl groups is 2. The maximum absolute atomic E-state index is 11.3. The number of hydrogen-bond donors (Lipinski definition) is 4. The highest BCUT2D eigenvalue weighted by Gasteiger charge is 2.15. The van der Waals surface area contributed by atoms with Crippen molar-refractivity contribution >= 4 is 12.0 Å². The van der Waals surface area contributed by atoms with Crippen LogP contribution in [0.2, 0.25) is 0 Å². The minimum Gasteiger partial charge on any atom is -0.447 e. The molecule has 0 saturated carbocycles. The number of alkyl carbamates (subject to hydrolysis) is 1. The first-order chi connectivity index (χ1) is 8.53. The van der Waals surface area contributed by atoms with Gasteiger partial charge < -0.3 is 25.6 Å². The quantitative estimate of drug-likeness (QED) is 0.466. The van der Waals surface area contributed by atoms with Gasteiger partial charge in [0.05, 0.1) is 6.61 Å². The standard InChI is InChI=1S/C11H22N2O5/c1-3-8(5-10(16)12-4-2)13-11(17)18-7-9(15)6-14/h8-9,14-15H,3-7H2,1-2H3,(H,12,16)(H,13,17). The lowest BCUT2D eigenvalue weighted by molar-refractivity contribution is -0.121. The molecule has 0 aliphatic heterocycles. The highest BCUT2D eigenvalue weighted by molar-refractivity contribution is 5.77. The molecule has 0 heterocycles. The largest absolute Gasteiger partial charge is 0.447 e. The average Bonchev–Trinajstić information content (AvgIpc) is 2.35. The molecule has 0 rings (SSSR count). The van der Waals surface area contributed by atoms with Gasteiger partial charge in [-0.15, -0.1) is 0 Å². The zero-order valence-corrected chi connectivity index (χ0v) is 10.8. The lowest BCUT2D eigenvalue weighted by Crippen LogP contribution is -2.40. The molecular formula is C11H22N2O5. The Morgan fingerprint density at radius 3 is 2.50 bits per heavy atom. The van der Waals surface area contributed by atoms with Crippen molar-refractivity contribution in [2.24, 2.45) is 0 Å². The molecule has 0 aromatic rings. The first kappa shape index (κ1) is 16.7. The summed E-state index contributed by atoms with van der Waals surface area (Å²) in [7, 11) is 0. The van der Waals surface area contributed by atoms with E-state index in [0.29, 0.717) is 13.0 Å². The van der Waals surface area contributed by atoms with Gasteiger partial charge in [0, 0.05) is 19.0 Å². The van der Waals surface area contributed by atoms with Crippen LogP contribution in [0.15, 0.2) is 0 Å². The summed E-state index contributed by atoms with van der Waals surface area (Å²) in [5, 5.41) is 22.7. The second kappa shape index (κ2) is 9.67. The number of carbonyl (C=O) groups is 2. The summed E-state index contributed by atoms with van der Waals surface area (Å²) in [5.74, 6) is -0.139. The van der Waals surface area contributed by atoms with Gasteiger partial charge in [-0.25, -0.2) is 4.79 Å². The normalized spacial score (nSPS) is 13.6. The van der Waals surface area contributed by atoms with Crippen molar-refractivity contribution in [3.05, 3.63) is 0 Å². The molecular weight excluding hydrogens is 240 g/mol. The number of amides is 2. The van der Waals surface area contributed by atoms with Gasteiger partial charge in [-0.05, 0) is 13.3 Å². The van der Waals surface area contributed by atoms with E-state index in [0.717, 1.165) is 0 Å². The summed E-state index contributed by atoms with van der Waals surface area (Å²) >= 11 is 0. The number of carbonyl (C=O) groups excluding carboxylic acids is 2. The number of rotatable bonds is 8. The lowest BCUT2D eigenvalue weighted by atomic mass is 10.1. The molecule has 0 spiro atoms. The second-order valence-corrected chi connectivity index (χ2v) is 3.84. The SMILES string of the molecule is CCNC(=O)CC(CC)NC(=O)OCC(O)CO. The van der Waals surface area contributed by atoms with E-state index in [9.17, 15) is 9.59 Å². The topological polar surface area (TPSA) is 108 Å². The third-order valence-electron chi connectivity index (χ3n) is 2.24. The number of aliphatic hydroxyl groups excluding tert-OH is 2. The Morgan fingerprint density at radius 1 is 1.33 bits per heavy atom.